The second-order valence-electron chi connectivity index (χ2n) is 11.4. The van der Waals surface area contributed by atoms with Gasteiger partial charge in [-0.25, -0.2) is 9.78 Å². The van der Waals surface area contributed by atoms with Crippen molar-refractivity contribution in [2.75, 3.05) is 40.3 Å². The van der Waals surface area contributed by atoms with Gasteiger partial charge >= 0.3 is 5.69 Å². The molecule has 0 spiro atoms. The summed E-state index contributed by atoms with van der Waals surface area (Å²) in [4.78, 5) is 25.0. The fourth-order valence-corrected chi connectivity index (χ4v) is 5.87. The van der Waals surface area contributed by atoms with Crippen LogP contribution in [0.2, 0.25) is 0 Å². The molecule has 1 fully saturated rings. The minimum atomic E-state index is -0.0206. The molecule has 6 rings (SSSR count). The maximum Gasteiger partial charge on any atom is 0.326 e. The molecule has 218 valence electrons. The number of fused-ring (bicyclic) bond motifs is 1. The van der Waals surface area contributed by atoms with Crippen LogP contribution in [-0.4, -0.2) is 64.7 Å². The van der Waals surface area contributed by atoms with Gasteiger partial charge in [0.1, 0.15) is 18.2 Å². The van der Waals surface area contributed by atoms with Gasteiger partial charge in [0.15, 0.2) is 0 Å². The lowest BCUT2D eigenvalue weighted by Crippen LogP contribution is -2.36. The largest absolute Gasteiger partial charge is 0.475 e. The first kappa shape index (κ1) is 28.4. The molecule has 0 unspecified atom stereocenters. The molecule has 1 aliphatic heterocycles. The van der Waals surface area contributed by atoms with Crippen molar-refractivity contribution < 1.29 is 4.74 Å². The number of nitrogens with one attached hydrogen (secondary N) is 1. The van der Waals surface area contributed by atoms with Gasteiger partial charge in [0.2, 0.25) is 5.88 Å². The van der Waals surface area contributed by atoms with E-state index in [2.05, 4.69) is 40.2 Å². The lowest BCUT2D eigenvalue weighted by Gasteiger charge is -2.32. The number of hydrogen-bond acceptors (Lipinski definition) is 6. The SMILES string of the molecule is CN(C)CCOc1nc(-c2ccc(CN3CCC(n4c(=O)[nH]c5ccccc54)CC3)cc2)c(-c2ccccc2)cc1C#N. The fraction of sp³-hybridized carbons (Fsp3) is 0.286. The van der Waals surface area contributed by atoms with Gasteiger partial charge in [-0.2, -0.15) is 5.26 Å². The standard InChI is InChI=1S/C35H36N6O2/c1-39(2)20-21-43-34-28(23-36)22-30(26-8-4-3-5-9-26)33(38-34)27-14-12-25(13-15-27)24-40-18-16-29(17-19-40)41-32-11-7-6-10-31(32)37-35(41)42/h3-15,22,29H,16-21,24H2,1-2H3,(H,37,42). The smallest absolute Gasteiger partial charge is 0.326 e. The highest BCUT2D eigenvalue weighted by molar-refractivity contribution is 5.82. The van der Waals surface area contributed by atoms with E-state index >= 15 is 0 Å². The Hall–Kier alpha value is -4.71. The van der Waals surface area contributed by atoms with Gasteiger partial charge in [-0.1, -0.05) is 66.7 Å². The van der Waals surface area contributed by atoms with Crippen molar-refractivity contribution in [1.29, 1.82) is 5.26 Å². The van der Waals surface area contributed by atoms with E-state index in [0.717, 1.165) is 72.4 Å². The zero-order chi connectivity index (χ0) is 29.8. The molecule has 8 nitrogen and oxygen atoms in total. The third-order valence-electron chi connectivity index (χ3n) is 8.15. The summed E-state index contributed by atoms with van der Waals surface area (Å²) in [5, 5.41) is 9.88. The highest BCUT2D eigenvalue weighted by Gasteiger charge is 2.24. The number of H-pyrrole nitrogens is 1. The van der Waals surface area contributed by atoms with Crippen molar-refractivity contribution in [2.45, 2.75) is 25.4 Å². The predicted octanol–water partition coefficient (Wildman–Crippen LogP) is 5.71. The number of pyridine rings is 1. The first-order valence-electron chi connectivity index (χ1n) is 14.8. The summed E-state index contributed by atoms with van der Waals surface area (Å²) in [5.41, 5.74) is 7.19. The molecule has 1 aliphatic rings. The summed E-state index contributed by atoms with van der Waals surface area (Å²) in [5.74, 6) is 0.361. The summed E-state index contributed by atoms with van der Waals surface area (Å²) >= 11 is 0. The average molecular weight is 573 g/mol. The van der Waals surface area contributed by atoms with Crippen LogP contribution in [0.5, 0.6) is 5.88 Å². The molecule has 1 saturated heterocycles. The summed E-state index contributed by atoms with van der Waals surface area (Å²) in [6, 6.07) is 30.9. The number of rotatable bonds is 9. The number of nitrogens with zero attached hydrogens (tertiary/aromatic N) is 5. The molecule has 1 N–H and O–H groups in total. The van der Waals surface area contributed by atoms with Gasteiger partial charge in [0.05, 0.1) is 16.7 Å². The van der Waals surface area contributed by atoms with Gasteiger partial charge in [0.25, 0.3) is 0 Å². The quantitative estimate of drug-likeness (QED) is 0.243. The number of nitriles is 1. The van der Waals surface area contributed by atoms with Crippen LogP contribution in [0.1, 0.15) is 30.0 Å². The molecule has 3 aromatic carbocycles. The van der Waals surface area contributed by atoms with E-state index in [1.807, 2.05) is 84.2 Å². The number of likely N-dealkylation sites (N-methyl/N-ethyl adjacent to an activating group) is 1. The van der Waals surface area contributed by atoms with E-state index in [1.54, 1.807) is 0 Å². The predicted molar refractivity (Wildman–Crippen MR) is 170 cm³/mol. The molecule has 8 heteroatoms. The van der Waals surface area contributed by atoms with Crippen LogP contribution in [0.25, 0.3) is 33.4 Å². The van der Waals surface area contributed by atoms with Gasteiger partial charge < -0.3 is 14.6 Å². The molecule has 3 heterocycles. The molecule has 0 saturated carbocycles. The van der Waals surface area contributed by atoms with Gasteiger partial charge in [-0.15, -0.1) is 0 Å². The first-order chi connectivity index (χ1) is 21.0. The monoisotopic (exact) mass is 572 g/mol. The Morgan fingerprint density at radius 1 is 0.977 bits per heavy atom. The average Bonchev–Trinajstić information content (AvgIpc) is 3.37. The van der Waals surface area contributed by atoms with Crippen LogP contribution < -0.4 is 10.4 Å². The van der Waals surface area contributed by atoms with Gasteiger partial charge in [-0.05, 0) is 56.3 Å². The van der Waals surface area contributed by atoms with E-state index in [-0.39, 0.29) is 11.7 Å². The molecule has 43 heavy (non-hydrogen) atoms. The molecule has 0 radical (unpaired) electrons. The Morgan fingerprint density at radius 3 is 2.42 bits per heavy atom. The number of aromatic nitrogens is 3. The van der Waals surface area contributed by atoms with Crippen LogP contribution in [0.4, 0.5) is 0 Å². The number of piperidine rings is 1. The van der Waals surface area contributed by atoms with Crippen LogP contribution in [0.3, 0.4) is 0 Å². The lowest BCUT2D eigenvalue weighted by molar-refractivity contribution is 0.180. The van der Waals surface area contributed by atoms with Crippen LogP contribution in [0, 0.1) is 11.3 Å². The topological polar surface area (TPSA) is 90.2 Å². The van der Waals surface area contributed by atoms with E-state index in [0.29, 0.717) is 18.1 Å². The van der Waals surface area contributed by atoms with Gasteiger partial charge in [0, 0.05) is 43.3 Å². The van der Waals surface area contributed by atoms with Gasteiger partial charge in [-0.3, -0.25) is 9.47 Å². The maximum atomic E-state index is 12.7. The Labute approximate surface area is 251 Å². The molecule has 0 amide bonds. The minimum Gasteiger partial charge on any atom is -0.475 e. The third-order valence-corrected chi connectivity index (χ3v) is 8.15. The number of ether oxygens (including phenoxy) is 1. The van der Waals surface area contributed by atoms with E-state index in [4.69, 9.17) is 9.72 Å². The van der Waals surface area contributed by atoms with Crippen molar-refractivity contribution >= 4 is 11.0 Å². The summed E-state index contributed by atoms with van der Waals surface area (Å²) in [6.45, 7) is 3.89. The van der Waals surface area contributed by atoms with Crippen molar-refractivity contribution in [1.82, 2.24) is 24.3 Å². The summed E-state index contributed by atoms with van der Waals surface area (Å²) in [6.07, 6.45) is 1.87. The molecule has 2 aromatic heterocycles. The van der Waals surface area contributed by atoms with Crippen LogP contribution in [0.15, 0.2) is 89.7 Å². The van der Waals surface area contributed by atoms with E-state index in [9.17, 15) is 10.1 Å². The Bertz CT molecular complexity index is 1790. The second kappa shape index (κ2) is 12.7. The number of para-hydroxylation sites is 2. The van der Waals surface area contributed by atoms with Crippen molar-refractivity contribution in [3.8, 4) is 34.3 Å². The van der Waals surface area contributed by atoms with Crippen molar-refractivity contribution in [3.05, 3.63) is 107 Å². The van der Waals surface area contributed by atoms with Crippen molar-refractivity contribution in [2.24, 2.45) is 0 Å². The van der Waals surface area contributed by atoms with E-state index < -0.39 is 0 Å². The minimum absolute atomic E-state index is 0.0206. The fourth-order valence-electron chi connectivity index (χ4n) is 5.87. The molecule has 0 bridgehead atoms. The molecular formula is C35H36N6O2. The zero-order valence-electron chi connectivity index (χ0n) is 24.7. The Morgan fingerprint density at radius 2 is 1.70 bits per heavy atom. The van der Waals surface area contributed by atoms with Crippen LogP contribution in [-0.2, 0) is 6.54 Å². The number of likely N-dealkylation sites (tertiary alicyclic amines) is 1. The third kappa shape index (κ3) is 6.24. The molecule has 0 atom stereocenters. The van der Waals surface area contributed by atoms with Crippen molar-refractivity contribution in [3.63, 3.8) is 0 Å². The van der Waals surface area contributed by atoms with Crippen LogP contribution >= 0.6 is 0 Å². The Balaban J connectivity index is 1.19. The number of hydrogen-bond donors (Lipinski definition) is 1. The second-order valence-corrected chi connectivity index (χ2v) is 11.4. The highest BCUT2D eigenvalue weighted by atomic mass is 16.5. The number of aromatic amines is 1. The lowest BCUT2D eigenvalue weighted by atomic mass is 9.97. The Kier molecular flexibility index (Phi) is 8.36. The summed E-state index contributed by atoms with van der Waals surface area (Å²) in [7, 11) is 3.97. The number of imidazole rings is 1. The zero-order valence-corrected chi connectivity index (χ0v) is 24.7. The maximum absolute atomic E-state index is 12.7. The molecule has 0 aliphatic carbocycles. The number of benzene rings is 3. The van der Waals surface area contributed by atoms with E-state index in [1.165, 1.54) is 5.56 Å². The summed E-state index contributed by atoms with van der Waals surface area (Å²) < 4.78 is 7.92. The normalized spacial score (nSPS) is 14.3. The first-order valence-corrected chi connectivity index (χ1v) is 14.8. The molecular weight excluding hydrogens is 536 g/mol. The molecule has 5 aromatic rings. The highest BCUT2D eigenvalue weighted by Crippen LogP contribution is 2.35.